The number of rotatable bonds is 5. The van der Waals surface area contributed by atoms with Crippen LogP contribution in [0.4, 0.5) is 4.39 Å². The first-order valence-corrected chi connectivity index (χ1v) is 6.15. The maximum absolute atomic E-state index is 13.3. The van der Waals surface area contributed by atoms with Gasteiger partial charge >= 0.3 is 0 Å². The van der Waals surface area contributed by atoms with Crippen LogP contribution in [0.3, 0.4) is 0 Å². The van der Waals surface area contributed by atoms with Gasteiger partial charge in [0.15, 0.2) is 0 Å². The molecule has 2 atom stereocenters. The zero-order valence-electron chi connectivity index (χ0n) is 9.63. The van der Waals surface area contributed by atoms with Crippen molar-refractivity contribution in [1.82, 2.24) is 5.32 Å². The molecule has 0 saturated carbocycles. The lowest BCUT2D eigenvalue weighted by Crippen LogP contribution is -2.28. The second-order valence-corrected chi connectivity index (χ2v) is 4.84. The quantitative estimate of drug-likeness (QED) is 0.800. The molecule has 16 heavy (non-hydrogen) atoms. The Morgan fingerprint density at radius 3 is 2.75 bits per heavy atom. The molecule has 1 aromatic carbocycles. The standard InChI is InChI=1S/C13H17BrFN/c1-4-5-9(2)16-10(3)11-6-7-12(14)13(15)8-11/h4,6-10,16H,1,5H2,2-3H3. The van der Waals surface area contributed by atoms with Crippen molar-refractivity contribution >= 4 is 15.9 Å². The third kappa shape index (κ3) is 3.72. The van der Waals surface area contributed by atoms with Crippen molar-refractivity contribution in [1.29, 1.82) is 0 Å². The van der Waals surface area contributed by atoms with Gasteiger partial charge in [0.2, 0.25) is 0 Å². The average molecular weight is 286 g/mol. The number of halogens is 2. The van der Waals surface area contributed by atoms with Crippen LogP contribution in [0.2, 0.25) is 0 Å². The Labute approximate surface area is 105 Å². The lowest BCUT2D eigenvalue weighted by Gasteiger charge is -2.19. The maximum atomic E-state index is 13.3. The fourth-order valence-corrected chi connectivity index (χ4v) is 1.87. The molecule has 0 aliphatic rings. The van der Waals surface area contributed by atoms with Crippen molar-refractivity contribution in [3.8, 4) is 0 Å². The predicted octanol–water partition coefficient (Wildman–Crippen LogP) is 4.20. The van der Waals surface area contributed by atoms with E-state index in [2.05, 4.69) is 34.7 Å². The van der Waals surface area contributed by atoms with Gasteiger partial charge in [-0.2, -0.15) is 0 Å². The van der Waals surface area contributed by atoms with E-state index in [1.807, 2.05) is 19.1 Å². The van der Waals surface area contributed by atoms with Gasteiger partial charge in [0.1, 0.15) is 5.82 Å². The van der Waals surface area contributed by atoms with Crippen LogP contribution in [0, 0.1) is 5.82 Å². The molecule has 2 unspecified atom stereocenters. The molecule has 0 spiro atoms. The smallest absolute Gasteiger partial charge is 0.137 e. The molecule has 3 heteroatoms. The molecule has 0 aliphatic carbocycles. The number of benzene rings is 1. The fourth-order valence-electron chi connectivity index (χ4n) is 1.62. The summed E-state index contributed by atoms with van der Waals surface area (Å²) in [7, 11) is 0. The van der Waals surface area contributed by atoms with Crippen LogP contribution >= 0.6 is 15.9 Å². The monoisotopic (exact) mass is 285 g/mol. The maximum Gasteiger partial charge on any atom is 0.137 e. The van der Waals surface area contributed by atoms with Crippen LogP contribution in [0.15, 0.2) is 35.3 Å². The van der Waals surface area contributed by atoms with Crippen LogP contribution in [-0.4, -0.2) is 6.04 Å². The van der Waals surface area contributed by atoms with E-state index in [0.717, 1.165) is 12.0 Å². The van der Waals surface area contributed by atoms with Gasteiger partial charge in [0.05, 0.1) is 4.47 Å². The fraction of sp³-hybridized carbons (Fsp3) is 0.385. The van der Waals surface area contributed by atoms with Gasteiger partial charge in [0.25, 0.3) is 0 Å². The van der Waals surface area contributed by atoms with E-state index in [1.54, 1.807) is 12.1 Å². The molecule has 0 bridgehead atoms. The van der Waals surface area contributed by atoms with Gasteiger partial charge in [-0.1, -0.05) is 12.1 Å². The van der Waals surface area contributed by atoms with Crippen LogP contribution in [0.25, 0.3) is 0 Å². The first-order valence-electron chi connectivity index (χ1n) is 5.36. The summed E-state index contributed by atoms with van der Waals surface area (Å²) in [5.41, 5.74) is 0.955. The summed E-state index contributed by atoms with van der Waals surface area (Å²) >= 11 is 3.15. The molecular formula is C13H17BrFN. The highest BCUT2D eigenvalue weighted by atomic mass is 79.9. The zero-order valence-corrected chi connectivity index (χ0v) is 11.2. The third-order valence-corrected chi connectivity index (χ3v) is 3.14. The highest BCUT2D eigenvalue weighted by molar-refractivity contribution is 9.10. The number of nitrogens with one attached hydrogen (secondary N) is 1. The summed E-state index contributed by atoms with van der Waals surface area (Å²) in [6, 6.07) is 5.70. The Balaban J connectivity index is 2.68. The second-order valence-electron chi connectivity index (χ2n) is 3.99. The highest BCUT2D eigenvalue weighted by Crippen LogP contribution is 2.21. The van der Waals surface area contributed by atoms with E-state index in [0.29, 0.717) is 10.5 Å². The molecule has 1 N–H and O–H groups in total. The molecular weight excluding hydrogens is 269 g/mol. The molecule has 0 fully saturated rings. The molecule has 88 valence electrons. The van der Waals surface area contributed by atoms with Crippen LogP contribution in [-0.2, 0) is 0 Å². The van der Waals surface area contributed by atoms with Gasteiger partial charge in [0, 0.05) is 12.1 Å². The second kappa shape index (κ2) is 6.16. The minimum absolute atomic E-state index is 0.137. The van der Waals surface area contributed by atoms with Crippen LogP contribution in [0.1, 0.15) is 31.9 Å². The van der Waals surface area contributed by atoms with E-state index in [1.165, 1.54) is 0 Å². The first kappa shape index (κ1) is 13.4. The Morgan fingerprint density at radius 1 is 1.50 bits per heavy atom. The Hall–Kier alpha value is -0.670. The average Bonchev–Trinajstić information content (AvgIpc) is 2.22. The van der Waals surface area contributed by atoms with Crippen molar-refractivity contribution in [2.24, 2.45) is 0 Å². The zero-order chi connectivity index (χ0) is 12.1. The van der Waals surface area contributed by atoms with E-state index in [4.69, 9.17) is 0 Å². The SMILES string of the molecule is C=CCC(C)NC(C)c1ccc(Br)c(F)c1. The van der Waals surface area contributed by atoms with Crippen LogP contribution < -0.4 is 5.32 Å². The first-order chi connectivity index (χ1) is 7.54. The summed E-state index contributed by atoms with van der Waals surface area (Å²) in [4.78, 5) is 0. The molecule has 0 saturated heterocycles. The Bertz CT molecular complexity index is 365. The van der Waals surface area contributed by atoms with Crippen molar-refractivity contribution in [3.05, 3.63) is 46.7 Å². The lowest BCUT2D eigenvalue weighted by molar-refractivity contribution is 0.480. The predicted molar refractivity (Wildman–Crippen MR) is 69.9 cm³/mol. The van der Waals surface area contributed by atoms with Gasteiger partial charge in [-0.15, -0.1) is 6.58 Å². The van der Waals surface area contributed by atoms with Gasteiger partial charge in [-0.25, -0.2) is 4.39 Å². The minimum atomic E-state index is -0.220. The molecule has 1 rings (SSSR count). The number of hydrogen-bond acceptors (Lipinski definition) is 1. The lowest BCUT2D eigenvalue weighted by atomic mass is 10.1. The highest BCUT2D eigenvalue weighted by Gasteiger charge is 2.10. The van der Waals surface area contributed by atoms with E-state index in [9.17, 15) is 4.39 Å². The van der Waals surface area contributed by atoms with Crippen molar-refractivity contribution in [3.63, 3.8) is 0 Å². The molecule has 0 aromatic heterocycles. The van der Waals surface area contributed by atoms with Gasteiger partial charge in [-0.3, -0.25) is 0 Å². The topological polar surface area (TPSA) is 12.0 Å². The molecule has 1 aromatic rings. The normalized spacial score (nSPS) is 14.5. The van der Waals surface area contributed by atoms with Crippen LogP contribution in [0.5, 0.6) is 0 Å². The Kier molecular flexibility index (Phi) is 5.16. The molecule has 0 amide bonds. The van der Waals surface area contributed by atoms with Gasteiger partial charge in [-0.05, 0) is 53.9 Å². The van der Waals surface area contributed by atoms with E-state index < -0.39 is 0 Å². The largest absolute Gasteiger partial charge is 0.307 e. The molecule has 1 nitrogen and oxygen atoms in total. The minimum Gasteiger partial charge on any atom is -0.307 e. The summed E-state index contributed by atoms with van der Waals surface area (Å²) in [6.07, 6.45) is 2.79. The van der Waals surface area contributed by atoms with Crippen molar-refractivity contribution < 1.29 is 4.39 Å². The molecule has 0 aliphatic heterocycles. The summed E-state index contributed by atoms with van der Waals surface area (Å²) in [5.74, 6) is -0.220. The number of hydrogen-bond donors (Lipinski definition) is 1. The molecule has 0 radical (unpaired) electrons. The summed E-state index contributed by atoms with van der Waals surface area (Å²) in [5, 5.41) is 3.39. The van der Waals surface area contributed by atoms with E-state index >= 15 is 0 Å². The van der Waals surface area contributed by atoms with Crippen molar-refractivity contribution in [2.75, 3.05) is 0 Å². The van der Waals surface area contributed by atoms with E-state index in [-0.39, 0.29) is 11.9 Å². The third-order valence-electron chi connectivity index (χ3n) is 2.50. The summed E-state index contributed by atoms with van der Waals surface area (Å²) in [6.45, 7) is 7.82. The van der Waals surface area contributed by atoms with Gasteiger partial charge < -0.3 is 5.32 Å². The summed E-state index contributed by atoms with van der Waals surface area (Å²) < 4.78 is 13.8. The van der Waals surface area contributed by atoms with Crippen molar-refractivity contribution in [2.45, 2.75) is 32.4 Å². The Morgan fingerprint density at radius 2 is 2.19 bits per heavy atom. The molecule has 0 heterocycles.